The highest BCUT2D eigenvalue weighted by Gasteiger charge is 2.17. The van der Waals surface area contributed by atoms with Crippen molar-refractivity contribution in [2.45, 2.75) is 26.7 Å². The van der Waals surface area contributed by atoms with Crippen LogP contribution in [-0.4, -0.2) is 26.8 Å². The van der Waals surface area contributed by atoms with E-state index >= 15 is 0 Å². The molecule has 0 amide bonds. The molecule has 2 heterocycles. The Morgan fingerprint density at radius 1 is 1.00 bits per heavy atom. The summed E-state index contributed by atoms with van der Waals surface area (Å²) in [5.74, 6) is 1.96. The quantitative estimate of drug-likeness (QED) is 0.334. The first-order valence-electron chi connectivity index (χ1n) is 11.2. The van der Waals surface area contributed by atoms with Gasteiger partial charge in [-0.3, -0.25) is 4.68 Å². The Hall–Kier alpha value is -3.93. The Labute approximate surface area is 193 Å². The van der Waals surface area contributed by atoms with E-state index < -0.39 is 0 Å². The zero-order chi connectivity index (χ0) is 23.1. The molecule has 0 aliphatic heterocycles. The number of hydrogen-bond acceptors (Lipinski definition) is 5. The summed E-state index contributed by atoms with van der Waals surface area (Å²) in [6.45, 7) is 6.56. The number of benzene rings is 3. The third-order valence-corrected chi connectivity index (χ3v) is 6.12. The molecular formula is C27H28N6. The number of aromatic nitrogens is 4. The number of anilines is 3. The smallest absolute Gasteiger partial charge is 0.222 e. The van der Waals surface area contributed by atoms with Gasteiger partial charge < -0.3 is 10.6 Å². The van der Waals surface area contributed by atoms with Crippen LogP contribution in [0.25, 0.3) is 32.9 Å². The molecule has 6 heteroatoms. The van der Waals surface area contributed by atoms with Gasteiger partial charge in [-0.25, -0.2) is 9.97 Å². The van der Waals surface area contributed by atoms with Crippen LogP contribution < -0.4 is 10.6 Å². The van der Waals surface area contributed by atoms with Crippen LogP contribution in [0.1, 0.15) is 30.9 Å². The van der Waals surface area contributed by atoms with Gasteiger partial charge >= 0.3 is 0 Å². The van der Waals surface area contributed by atoms with Crippen LogP contribution in [0.5, 0.6) is 0 Å². The van der Waals surface area contributed by atoms with Crippen molar-refractivity contribution in [2.24, 2.45) is 7.05 Å². The number of aryl methyl sites for hydroxylation is 2. The molecule has 2 aromatic heterocycles. The lowest BCUT2D eigenvalue weighted by Crippen LogP contribution is -1.97. The second-order valence-corrected chi connectivity index (χ2v) is 8.75. The van der Waals surface area contributed by atoms with Crippen LogP contribution in [0, 0.1) is 6.92 Å². The molecule has 2 N–H and O–H groups in total. The van der Waals surface area contributed by atoms with Gasteiger partial charge in [-0.2, -0.15) is 5.10 Å². The van der Waals surface area contributed by atoms with Crippen molar-refractivity contribution in [3.8, 4) is 11.1 Å². The maximum Gasteiger partial charge on any atom is 0.222 e. The summed E-state index contributed by atoms with van der Waals surface area (Å²) in [4.78, 5) is 8.93. The first-order chi connectivity index (χ1) is 15.9. The normalized spacial score (nSPS) is 11.5. The average Bonchev–Trinajstić information content (AvgIpc) is 3.13. The van der Waals surface area contributed by atoms with Crippen molar-refractivity contribution in [3.63, 3.8) is 0 Å². The molecule has 0 radical (unpaired) electrons. The lowest BCUT2D eigenvalue weighted by molar-refractivity contribution is 0.801. The topological polar surface area (TPSA) is 67.7 Å². The summed E-state index contributed by atoms with van der Waals surface area (Å²) < 4.78 is 1.97. The molecule has 0 saturated carbocycles. The minimum Gasteiger partial charge on any atom is -0.357 e. The highest BCUT2D eigenvalue weighted by Crippen LogP contribution is 2.37. The Kier molecular flexibility index (Phi) is 5.21. The monoisotopic (exact) mass is 436 g/mol. The number of hydrogen-bond donors (Lipinski definition) is 2. The van der Waals surface area contributed by atoms with E-state index in [0.717, 1.165) is 38.9 Å². The van der Waals surface area contributed by atoms with Gasteiger partial charge in [0.25, 0.3) is 0 Å². The third-order valence-electron chi connectivity index (χ3n) is 6.12. The number of nitrogens with one attached hydrogen (secondary N) is 2. The second kappa shape index (κ2) is 8.20. The molecule has 0 unspecified atom stereocenters. The van der Waals surface area contributed by atoms with Crippen molar-refractivity contribution < 1.29 is 0 Å². The number of nitrogens with zero attached hydrogens (tertiary/aromatic N) is 4. The fourth-order valence-electron chi connectivity index (χ4n) is 4.35. The van der Waals surface area contributed by atoms with Gasteiger partial charge in [0.2, 0.25) is 5.95 Å². The van der Waals surface area contributed by atoms with Gasteiger partial charge in [-0.15, -0.1) is 0 Å². The van der Waals surface area contributed by atoms with E-state index in [2.05, 4.69) is 96.0 Å². The van der Waals surface area contributed by atoms with Crippen LogP contribution in [0.2, 0.25) is 0 Å². The minimum atomic E-state index is 0.475. The van der Waals surface area contributed by atoms with Gasteiger partial charge in [0.05, 0.1) is 11.0 Å². The molecule has 6 nitrogen and oxygen atoms in total. The zero-order valence-electron chi connectivity index (χ0n) is 19.6. The van der Waals surface area contributed by atoms with Crippen LogP contribution >= 0.6 is 0 Å². The van der Waals surface area contributed by atoms with Gasteiger partial charge in [0.1, 0.15) is 0 Å². The van der Waals surface area contributed by atoms with Crippen molar-refractivity contribution in [1.29, 1.82) is 0 Å². The van der Waals surface area contributed by atoms with Crippen molar-refractivity contribution in [1.82, 2.24) is 19.7 Å². The number of fused-ring (bicyclic) bond motifs is 2. The molecule has 5 rings (SSSR count). The minimum absolute atomic E-state index is 0.475. The molecule has 0 aliphatic carbocycles. The standard InChI is InChI=1S/C27H28N6/c1-16(2)18-7-6-8-21(14-18)30-26-22-11-9-17(3)24(25(22)33(5)32-26)19-10-12-23-20(13-19)15-29-27(28-4)31-23/h6-16H,1-5H3,(H,30,32)(H,28,29,31). The Morgan fingerprint density at radius 3 is 2.64 bits per heavy atom. The van der Waals surface area contributed by atoms with Gasteiger partial charge in [-0.05, 0) is 59.9 Å². The van der Waals surface area contributed by atoms with Crippen molar-refractivity contribution >= 4 is 39.3 Å². The molecule has 5 aromatic rings. The Balaban J connectivity index is 1.62. The van der Waals surface area contributed by atoms with Gasteiger partial charge in [0.15, 0.2) is 5.82 Å². The molecule has 0 atom stereocenters. The lowest BCUT2D eigenvalue weighted by Gasteiger charge is -2.11. The first kappa shape index (κ1) is 20.9. The molecule has 3 aromatic carbocycles. The van der Waals surface area contributed by atoms with Crippen LogP contribution in [0.15, 0.2) is 60.8 Å². The molecule has 0 saturated heterocycles. The summed E-state index contributed by atoms with van der Waals surface area (Å²) in [6, 6.07) is 19.2. The van der Waals surface area contributed by atoms with E-state index in [4.69, 9.17) is 5.10 Å². The highest BCUT2D eigenvalue weighted by molar-refractivity contribution is 6.03. The maximum absolute atomic E-state index is 4.84. The number of rotatable bonds is 5. The van der Waals surface area contributed by atoms with E-state index in [9.17, 15) is 0 Å². The Bertz CT molecular complexity index is 1480. The lowest BCUT2D eigenvalue weighted by atomic mass is 9.96. The van der Waals surface area contributed by atoms with Crippen molar-refractivity contribution in [2.75, 3.05) is 17.7 Å². The van der Waals surface area contributed by atoms with Gasteiger partial charge in [0, 0.05) is 42.3 Å². The Morgan fingerprint density at radius 2 is 1.85 bits per heavy atom. The first-order valence-corrected chi connectivity index (χ1v) is 11.2. The summed E-state index contributed by atoms with van der Waals surface area (Å²) in [6.07, 6.45) is 1.87. The van der Waals surface area contributed by atoms with Crippen LogP contribution in [-0.2, 0) is 7.05 Å². The fourth-order valence-corrected chi connectivity index (χ4v) is 4.35. The summed E-state index contributed by atoms with van der Waals surface area (Å²) >= 11 is 0. The average molecular weight is 437 g/mol. The van der Waals surface area contributed by atoms with Crippen LogP contribution in [0.3, 0.4) is 0 Å². The van der Waals surface area contributed by atoms with Crippen molar-refractivity contribution in [3.05, 3.63) is 71.9 Å². The van der Waals surface area contributed by atoms with E-state index in [1.165, 1.54) is 16.7 Å². The summed E-state index contributed by atoms with van der Waals surface area (Å²) in [5.41, 5.74) is 7.87. The predicted octanol–water partition coefficient (Wildman–Crippen LogP) is 6.40. The fraction of sp³-hybridized carbons (Fsp3) is 0.222. The van der Waals surface area contributed by atoms with E-state index in [1.807, 2.05) is 25.0 Å². The molecule has 0 bridgehead atoms. The zero-order valence-corrected chi connectivity index (χ0v) is 19.6. The largest absolute Gasteiger partial charge is 0.357 e. The van der Waals surface area contributed by atoms with Crippen LogP contribution in [0.4, 0.5) is 17.5 Å². The second-order valence-electron chi connectivity index (χ2n) is 8.75. The van der Waals surface area contributed by atoms with E-state index in [1.54, 1.807) is 0 Å². The third kappa shape index (κ3) is 3.78. The molecular weight excluding hydrogens is 408 g/mol. The maximum atomic E-state index is 4.84. The molecule has 0 fully saturated rings. The predicted molar refractivity (Wildman–Crippen MR) is 137 cm³/mol. The van der Waals surface area contributed by atoms with E-state index in [-0.39, 0.29) is 0 Å². The molecule has 33 heavy (non-hydrogen) atoms. The van der Waals surface area contributed by atoms with E-state index in [0.29, 0.717) is 11.9 Å². The SMILES string of the molecule is CNc1ncc2cc(-c3c(C)ccc4c(Nc5cccc(C(C)C)c5)nn(C)c34)ccc2n1. The molecule has 0 spiro atoms. The summed E-state index contributed by atoms with van der Waals surface area (Å²) in [7, 11) is 3.83. The summed E-state index contributed by atoms with van der Waals surface area (Å²) in [5, 5.41) is 13.5. The molecule has 0 aliphatic rings. The molecule has 166 valence electrons. The van der Waals surface area contributed by atoms with Gasteiger partial charge in [-0.1, -0.05) is 38.1 Å². The highest BCUT2D eigenvalue weighted by atomic mass is 15.3.